The van der Waals surface area contributed by atoms with Crippen molar-refractivity contribution in [3.8, 4) is 11.5 Å². The lowest BCUT2D eigenvalue weighted by Crippen LogP contribution is -2.33. The molecule has 0 unspecified atom stereocenters. The minimum atomic E-state index is -0.352. The van der Waals surface area contributed by atoms with E-state index in [0.717, 1.165) is 28.8 Å². The monoisotopic (exact) mass is 418 g/mol. The van der Waals surface area contributed by atoms with Gasteiger partial charge < -0.3 is 9.84 Å². The number of hydrogen-bond acceptors (Lipinski definition) is 4. The molecule has 1 aliphatic heterocycles. The molecule has 1 aliphatic rings. The number of phenolic OH excluding ortho intramolecular Hbond substituents is 1. The van der Waals surface area contributed by atoms with Crippen LogP contribution in [-0.4, -0.2) is 17.4 Å². The normalized spacial score (nSPS) is 18.5. The number of rotatable bonds is 6. The molecule has 0 spiro atoms. The Morgan fingerprint density at radius 2 is 1.77 bits per heavy atom. The van der Waals surface area contributed by atoms with Crippen LogP contribution in [0.1, 0.15) is 54.7 Å². The Morgan fingerprint density at radius 1 is 1.03 bits per heavy atom. The lowest BCUT2D eigenvalue weighted by molar-refractivity contribution is 0.313. The number of halogens is 1. The summed E-state index contributed by atoms with van der Waals surface area (Å²) in [4.78, 5) is 4.94. The molecule has 5 heteroatoms. The third kappa shape index (κ3) is 4.62. The summed E-state index contributed by atoms with van der Waals surface area (Å²) in [5, 5.41) is 14.3. The molecule has 2 N–H and O–H groups in total. The van der Waals surface area contributed by atoms with Crippen LogP contribution in [0.4, 0.5) is 4.39 Å². The van der Waals surface area contributed by atoms with Crippen LogP contribution in [0.15, 0.2) is 71.7 Å². The van der Waals surface area contributed by atoms with Crippen molar-refractivity contribution in [2.45, 2.75) is 38.9 Å². The molecule has 4 nitrogen and oxygen atoms in total. The number of para-hydroxylation sites is 1. The van der Waals surface area contributed by atoms with Gasteiger partial charge >= 0.3 is 0 Å². The molecule has 0 fully saturated rings. The quantitative estimate of drug-likeness (QED) is 0.539. The van der Waals surface area contributed by atoms with Gasteiger partial charge in [-0.3, -0.25) is 10.3 Å². The fraction of sp³-hybridized carbons (Fsp3) is 0.269. The van der Waals surface area contributed by atoms with E-state index in [2.05, 4.69) is 36.5 Å². The first-order valence-corrected chi connectivity index (χ1v) is 10.7. The first-order valence-electron chi connectivity index (χ1n) is 10.7. The standard InChI is InChI=1S/C26H27FN2O2/c1-3-17-8-10-18(11-9-17)22-16-23(21-6-5-7-24(25(21)30)31-4-2)29-26(28-22)19-12-14-20(27)15-13-19/h5-15,23,26,29-30H,3-4,16H2,1-2H3/t23-,26-/m1/s1. The van der Waals surface area contributed by atoms with Gasteiger partial charge in [0.2, 0.25) is 0 Å². The highest BCUT2D eigenvalue weighted by molar-refractivity contribution is 6.01. The molecule has 0 aromatic heterocycles. The number of phenols is 1. The molecule has 3 aromatic carbocycles. The molecule has 3 aromatic rings. The van der Waals surface area contributed by atoms with Crippen LogP contribution in [0.2, 0.25) is 0 Å². The lowest BCUT2D eigenvalue weighted by atomic mass is 9.93. The summed E-state index contributed by atoms with van der Waals surface area (Å²) in [6.07, 6.45) is 1.25. The van der Waals surface area contributed by atoms with Crippen LogP contribution in [0.25, 0.3) is 0 Å². The average Bonchev–Trinajstić information content (AvgIpc) is 2.81. The molecule has 160 valence electrons. The molecule has 2 atom stereocenters. The van der Waals surface area contributed by atoms with E-state index in [1.54, 1.807) is 18.2 Å². The molecule has 1 heterocycles. The number of benzene rings is 3. The Hall–Kier alpha value is -3.18. The number of ether oxygens (including phenoxy) is 1. The summed E-state index contributed by atoms with van der Waals surface area (Å²) in [5.41, 5.74) is 4.90. The van der Waals surface area contributed by atoms with Gasteiger partial charge in [0.15, 0.2) is 11.5 Å². The predicted molar refractivity (Wildman–Crippen MR) is 121 cm³/mol. The van der Waals surface area contributed by atoms with E-state index >= 15 is 0 Å². The molecule has 0 aliphatic carbocycles. The van der Waals surface area contributed by atoms with Crippen molar-refractivity contribution in [2.75, 3.05) is 6.61 Å². The SMILES string of the molecule is CCOc1cccc([C@H]2CC(c3ccc(CC)cc3)=N[C@@H](c3ccc(F)cc3)N2)c1O. The second-order valence-corrected chi connectivity index (χ2v) is 7.63. The second kappa shape index (κ2) is 9.31. The summed E-state index contributed by atoms with van der Waals surface area (Å²) in [6.45, 7) is 4.50. The number of hydrogen-bond donors (Lipinski definition) is 2. The number of aromatic hydroxyl groups is 1. The molecule has 0 radical (unpaired) electrons. The van der Waals surface area contributed by atoms with Crippen LogP contribution in [-0.2, 0) is 6.42 Å². The lowest BCUT2D eigenvalue weighted by Gasteiger charge is -2.31. The van der Waals surface area contributed by atoms with Crippen molar-refractivity contribution >= 4 is 5.71 Å². The van der Waals surface area contributed by atoms with Gasteiger partial charge in [0.05, 0.1) is 6.61 Å². The highest BCUT2D eigenvalue weighted by atomic mass is 19.1. The van der Waals surface area contributed by atoms with Crippen molar-refractivity contribution in [2.24, 2.45) is 4.99 Å². The van der Waals surface area contributed by atoms with Crippen molar-refractivity contribution < 1.29 is 14.2 Å². The predicted octanol–water partition coefficient (Wildman–Crippen LogP) is 5.71. The van der Waals surface area contributed by atoms with E-state index in [1.165, 1.54) is 17.7 Å². The highest BCUT2D eigenvalue weighted by Gasteiger charge is 2.28. The molecule has 0 saturated heterocycles. The molecule has 31 heavy (non-hydrogen) atoms. The summed E-state index contributed by atoms with van der Waals surface area (Å²) < 4.78 is 19.1. The maximum absolute atomic E-state index is 13.5. The van der Waals surface area contributed by atoms with Gasteiger partial charge in [-0.15, -0.1) is 0 Å². The van der Waals surface area contributed by atoms with Crippen LogP contribution >= 0.6 is 0 Å². The summed E-state index contributed by atoms with van der Waals surface area (Å²) in [6, 6.07) is 20.2. The number of nitrogens with zero attached hydrogens (tertiary/aromatic N) is 1. The van der Waals surface area contributed by atoms with Crippen LogP contribution < -0.4 is 10.1 Å². The summed E-state index contributed by atoms with van der Waals surface area (Å²) >= 11 is 0. The van der Waals surface area contributed by atoms with Crippen molar-refractivity contribution in [1.82, 2.24) is 5.32 Å². The van der Waals surface area contributed by atoms with Crippen LogP contribution in [0.5, 0.6) is 11.5 Å². The zero-order valence-electron chi connectivity index (χ0n) is 17.8. The smallest absolute Gasteiger partial charge is 0.162 e. The first-order chi connectivity index (χ1) is 15.1. The van der Waals surface area contributed by atoms with Crippen molar-refractivity contribution in [3.63, 3.8) is 0 Å². The maximum Gasteiger partial charge on any atom is 0.162 e. The largest absolute Gasteiger partial charge is 0.504 e. The van der Waals surface area contributed by atoms with E-state index in [9.17, 15) is 9.50 Å². The molecule has 0 amide bonds. The first kappa shape index (κ1) is 21.1. The molecular formula is C26H27FN2O2. The van der Waals surface area contributed by atoms with Crippen LogP contribution in [0, 0.1) is 5.82 Å². The molecule has 0 bridgehead atoms. The maximum atomic E-state index is 13.5. The van der Waals surface area contributed by atoms with Gasteiger partial charge in [-0.1, -0.05) is 55.5 Å². The third-order valence-electron chi connectivity index (χ3n) is 5.63. The van der Waals surface area contributed by atoms with Gasteiger partial charge in [0.1, 0.15) is 12.0 Å². The fourth-order valence-electron chi connectivity index (χ4n) is 3.92. The topological polar surface area (TPSA) is 53.8 Å². The minimum Gasteiger partial charge on any atom is -0.504 e. The molecular weight excluding hydrogens is 391 g/mol. The highest BCUT2D eigenvalue weighted by Crippen LogP contribution is 2.38. The third-order valence-corrected chi connectivity index (χ3v) is 5.63. The zero-order chi connectivity index (χ0) is 21.8. The summed E-state index contributed by atoms with van der Waals surface area (Å²) in [7, 11) is 0. The van der Waals surface area contributed by atoms with Gasteiger partial charge in [0.25, 0.3) is 0 Å². The molecule has 4 rings (SSSR count). The number of aryl methyl sites for hydroxylation is 1. The zero-order valence-corrected chi connectivity index (χ0v) is 17.8. The van der Waals surface area contributed by atoms with Crippen molar-refractivity contribution in [1.29, 1.82) is 0 Å². The molecule has 0 saturated carbocycles. The summed E-state index contributed by atoms with van der Waals surface area (Å²) in [5.74, 6) is 0.330. The van der Waals surface area contributed by atoms with Gasteiger partial charge in [-0.25, -0.2) is 4.39 Å². The number of nitrogens with one attached hydrogen (secondary N) is 1. The number of aliphatic imine (C=N–C) groups is 1. The van der Waals surface area contributed by atoms with Gasteiger partial charge in [-0.05, 0) is 48.2 Å². The van der Waals surface area contributed by atoms with Crippen LogP contribution in [0.3, 0.4) is 0 Å². The Balaban J connectivity index is 1.73. The minimum absolute atomic E-state index is 0.141. The Labute approximate surface area is 182 Å². The second-order valence-electron chi connectivity index (χ2n) is 7.63. The van der Waals surface area contributed by atoms with E-state index in [0.29, 0.717) is 18.8 Å². The fourth-order valence-corrected chi connectivity index (χ4v) is 3.92. The Kier molecular flexibility index (Phi) is 6.33. The van der Waals surface area contributed by atoms with E-state index in [-0.39, 0.29) is 23.8 Å². The van der Waals surface area contributed by atoms with Crippen molar-refractivity contribution in [3.05, 3.63) is 94.8 Å². The van der Waals surface area contributed by atoms with Gasteiger partial charge in [0, 0.05) is 23.7 Å². The Morgan fingerprint density at radius 3 is 2.45 bits per heavy atom. The van der Waals surface area contributed by atoms with Gasteiger partial charge in [-0.2, -0.15) is 0 Å². The average molecular weight is 419 g/mol. The Bertz CT molecular complexity index is 1060. The van der Waals surface area contributed by atoms with E-state index in [4.69, 9.17) is 9.73 Å². The van der Waals surface area contributed by atoms with E-state index < -0.39 is 0 Å². The van der Waals surface area contributed by atoms with E-state index in [1.807, 2.05) is 19.1 Å².